The largest absolute Gasteiger partial charge is 0.341 e. The van der Waals surface area contributed by atoms with Crippen molar-refractivity contribution in [1.82, 2.24) is 14.6 Å². The van der Waals surface area contributed by atoms with Crippen molar-refractivity contribution in [3.05, 3.63) is 102 Å². The summed E-state index contributed by atoms with van der Waals surface area (Å²) in [5.41, 5.74) is 11.6. The predicted octanol–water partition coefficient (Wildman–Crippen LogP) is 4.83. The summed E-state index contributed by atoms with van der Waals surface area (Å²) in [6.07, 6.45) is 4.01. The van der Waals surface area contributed by atoms with Crippen LogP contribution < -0.4 is 10.6 Å². The van der Waals surface area contributed by atoms with Gasteiger partial charge in [0, 0.05) is 19.1 Å². The molecule has 2 aliphatic heterocycles. The minimum Gasteiger partial charge on any atom is -0.341 e. The standard InChI is InChI=1S/C29H30N6/c1-21-28-27(17-31-35(21)19-24-13-7-12-23-11-5-6-15-26(23)24)32-29(33-16-8-14-25(30)20-33)34(28)18-22-9-3-2-4-10-22/h2-7,9-13,15,17,25H,1,8,14,16,18-20,30H2. The van der Waals surface area contributed by atoms with Gasteiger partial charge in [0.25, 0.3) is 0 Å². The van der Waals surface area contributed by atoms with E-state index < -0.39 is 0 Å². The van der Waals surface area contributed by atoms with E-state index >= 15 is 0 Å². The molecule has 6 nitrogen and oxygen atoms in total. The van der Waals surface area contributed by atoms with Crippen LogP contribution in [0.4, 0.5) is 5.95 Å². The van der Waals surface area contributed by atoms with Gasteiger partial charge in [0.1, 0.15) is 5.69 Å². The van der Waals surface area contributed by atoms with Crippen LogP contribution in [0.25, 0.3) is 16.5 Å². The van der Waals surface area contributed by atoms with Crippen LogP contribution in [-0.2, 0) is 13.1 Å². The minimum absolute atomic E-state index is 0.169. The third kappa shape index (κ3) is 4.10. The number of imidazole rings is 1. The zero-order chi connectivity index (χ0) is 23.8. The molecule has 3 aromatic carbocycles. The number of hydrogen-bond acceptors (Lipinski definition) is 5. The summed E-state index contributed by atoms with van der Waals surface area (Å²) in [6.45, 7) is 7.64. The normalized spacial score (nSPS) is 17.7. The van der Waals surface area contributed by atoms with Crippen LogP contribution >= 0.6 is 0 Å². The molecule has 2 N–H and O–H groups in total. The third-order valence-corrected chi connectivity index (χ3v) is 7.00. The van der Waals surface area contributed by atoms with Gasteiger partial charge in [-0.25, -0.2) is 4.98 Å². The first-order valence-electron chi connectivity index (χ1n) is 12.3. The molecule has 3 heterocycles. The fourth-order valence-electron chi connectivity index (χ4n) is 5.25. The van der Waals surface area contributed by atoms with Gasteiger partial charge >= 0.3 is 0 Å². The number of piperidine rings is 1. The van der Waals surface area contributed by atoms with Crippen molar-refractivity contribution in [2.45, 2.75) is 32.0 Å². The molecule has 0 bridgehead atoms. The Labute approximate surface area is 206 Å². The van der Waals surface area contributed by atoms with Gasteiger partial charge in [0.05, 0.1) is 30.7 Å². The zero-order valence-corrected chi connectivity index (χ0v) is 19.8. The molecule has 1 unspecified atom stereocenters. The van der Waals surface area contributed by atoms with Gasteiger partial charge in [0.15, 0.2) is 0 Å². The van der Waals surface area contributed by atoms with Gasteiger partial charge in [-0.05, 0) is 34.7 Å². The molecule has 35 heavy (non-hydrogen) atoms. The third-order valence-electron chi connectivity index (χ3n) is 7.00. The van der Waals surface area contributed by atoms with E-state index in [1.165, 1.54) is 21.9 Å². The fourth-order valence-corrected chi connectivity index (χ4v) is 5.25. The SMILES string of the molecule is C=C1c2c(nc(N3CCCC(N)C3)n2Cc2ccccc2)C=NN1Cc1cccc2ccccc12. The average molecular weight is 463 g/mol. The second-order valence-corrected chi connectivity index (χ2v) is 9.45. The number of benzene rings is 3. The Balaban J connectivity index is 1.38. The lowest BCUT2D eigenvalue weighted by atomic mass is 10.0. The van der Waals surface area contributed by atoms with Gasteiger partial charge < -0.3 is 15.2 Å². The smallest absolute Gasteiger partial charge is 0.207 e. The first-order chi connectivity index (χ1) is 17.2. The second-order valence-electron chi connectivity index (χ2n) is 9.45. The van der Waals surface area contributed by atoms with Crippen LogP contribution in [-0.4, -0.2) is 39.9 Å². The molecule has 176 valence electrons. The fraction of sp³-hybridized carbons (Fsp3) is 0.241. The van der Waals surface area contributed by atoms with Crippen molar-refractivity contribution >= 4 is 28.6 Å². The van der Waals surface area contributed by atoms with Crippen LogP contribution in [0.15, 0.2) is 84.5 Å². The zero-order valence-electron chi connectivity index (χ0n) is 19.8. The summed E-state index contributed by atoms with van der Waals surface area (Å²) in [7, 11) is 0. The monoisotopic (exact) mass is 462 g/mol. The second kappa shape index (κ2) is 9.04. The van der Waals surface area contributed by atoms with E-state index in [4.69, 9.17) is 15.8 Å². The molecular weight excluding hydrogens is 432 g/mol. The molecule has 1 aromatic heterocycles. The summed E-state index contributed by atoms with van der Waals surface area (Å²) in [4.78, 5) is 7.37. The van der Waals surface area contributed by atoms with E-state index in [1.807, 2.05) is 11.2 Å². The summed E-state index contributed by atoms with van der Waals surface area (Å²) in [6, 6.07) is 25.6. The van der Waals surface area contributed by atoms with E-state index in [9.17, 15) is 0 Å². The van der Waals surface area contributed by atoms with Crippen molar-refractivity contribution in [2.24, 2.45) is 10.8 Å². The molecule has 0 amide bonds. The van der Waals surface area contributed by atoms with Crippen LogP contribution in [0.3, 0.4) is 0 Å². The molecule has 1 saturated heterocycles. The van der Waals surface area contributed by atoms with Gasteiger partial charge in [0.2, 0.25) is 5.95 Å². The van der Waals surface area contributed by atoms with Crippen LogP contribution in [0.5, 0.6) is 0 Å². The highest BCUT2D eigenvalue weighted by Gasteiger charge is 2.29. The number of fused-ring (bicyclic) bond motifs is 2. The lowest BCUT2D eigenvalue weighted by molar-refractivity contribution is 0.412. The van der Waals surface area contributed by atoms with Crippen LogP contribution in [0.2, 0.25) is 0 Å². The number of rotatable bonds is 5. The first kappa shape index (κ1) is 21.6. The molecule has 4 aromatic rings. The summed E-state index contributed by atoms with van der Waals surface area (Å²) in [5.74, 6) is 0.952. The number of anilines is 1. The Morgan fingerprint density at radius 3 is 2.60 bits per heavy atom. The predicted molar refractivity (Wildman–Crippen MR) is 143 cm³/mol. The number of nitrogens with zero attached hydrogens (tertiary/aromatic N) is 5. The molecule has 0 saturated carbocycles. The number of aromatic nitrogens is 2. The van der Waals surface area contributed by atoms with E-state index in [0.29, 0.717) is 6.54 Å². The van der Waals surface area contributed by atoms with Gasteiger partial charge in [-0.2, -0.15) is 5.10 Å². The maximum Gasteiger partial charge on any atom is 0.207 e. The lowest BCUT2D eigenvalue weighted by Crippen LogP contribution is -2.44. The summed E-state index contributed by atoms with van der Waals surface area (Å²) < 4.78 is 2.30. The summed E-state index contributed by atoms with van der Waals surface area (Å²) >= 11 is 0. The van der Waals surface area contributed by atoms with Gasteiger partial charge in [-0.3, -0.25) is 5.01 Å². The average Bonchev–Trinajstić information content (AvgIpc) is 3.25. The lowest BCUT2D eigenvalue weighted by Gasteiger charge is -2.32. The van der Waals surface area contributed by atoms with Crippen molar-refractivity contribution < 1.29 is 0 Å². The number of hydrogen-bond donors (Lipinski definition) is 1. The maximum atomic E-state index is 6.34. The van der Waals surface area contributed by atoms with Gasteiger partial charge in [-0.15, -0.1) is 0 Å². The Morgan fingerprint density at radius 2 is 1.74 bits per heavy atom. The summed E-state index contributed by atoms with van der Waals surface area (Å²) in [5, 5.41) is 9.24. The van der Waals surface area contributed by atoms with E-state index in [1.54, 1.807) is 0 Å². The van der Waals surface area contributed by atoms with Gasteiger partial charge in [-0.1, -0.05) is 79.4 Å². The first-order valence-corrected chi connectivity index (χ1v) is 12.3. The highest BCUT2D eigenvalue weighted by molar-refractivity contribution is 5.89. The van der Waals surface area contributed by atoms with Crippen molar-refractivity contribution in [2.75, 3.05) is 18.0 Å². The van der Waals surface area contributed by atoms with Crippen LogP contribution in [0.1, 0.15) is 35.4 Å². The van der Waals surface area contributed by atoms with Crippen molar-refractivity contribution in [3.8, 4) is 0 Å². The van der Waals surface area contributed by atoms with Crippen molar-refractivity contribution in [1.29, 1.82) is 0 Å². The molecule has 0 radical (unpaired) electrons. The maximum absolute atomic E-state index is 6.34. The molecule has 6 heteroatoms. The molecule has 1 atom stereocenters. The van der Waals surface area contributed by atoms with E-state index in [0.717, 1.165) is 55.5 Å². The highest BCUT2D eigenvalue weighted by Crippen LogP contribution is 2.33. The number of nitrogens with two attached hydrogens (primary N) is 1. The number of hydrazone groups is 1. The molecule has 2 aliphatic rings. The molecular formula is C29H30N6. The molecule has 0 aliphatic carbocycles. The van der Waals surface area contributed by atoms with Crippen LogP contribution in [0, 0.1) is 0 Å². The van der Waals surface area contributed by atoms with E-state index in [2.05, 4.69) is 88.8 Å². The molecule has 1 fully saturated rings. The Morgan fingerprint density at radius 1 is 0.943 bits per heavy atom. The quantitative estimate of drug-likeness (QED) is 0.461. The Bertz CT molecular complexity index is 1400. The molecule has 6 rings (SSSR count). The van der Waals surface area contributed by atoms with Crippen molar-refractivity contribution in [3.63, 3.8) is 0 Å². The minimum atomic E-state index is 0.169. The topological polar surface area (TPSA) is 62.7 Å². The Kier molecular flexibility index (Phi) is 5.58. The molecule has 0 spiro atoms. The highest BCUT2D eigenvalue weighted by atomic mass is 15.5. The Hall–Kier alpha value is -3.90. The van der Waals surface area contributed by atoms with E-state index in [-0.39, 0.29) is 6.04 Å².